The van der Waals surface area contributed by atoms with Crippen molar-refractivity contribution in [2.75, 3.05) is 13.2 Å². The lowest BCUT2D eigenvalue weighted by Crippen LogP contribution is -2.61. The van der Waals surface area contributed by atoms with Crippen molar-refractivity contribution in [3.63, 3.8) is 0 Å². The van der Waals surface area contributed by atoms with E-state index in [2.05, 4.69) is 54.2 Å². The van der Waals surface area contributed by atoms with Gasteiger partial charge in [0.1, 0.15) is 18.0 Å². The highest BCUT2D eigenvalue weighted by molar-refractivity contribution is 9.10. The molecule has 3 unspecified atom stereocenters. The van der Waals surface area contributed by atoms with E-state index >= 15 is 0 Å². The second-order valence-corrected chi connectivity index (χ2v) is 6.73. The molecule has 0 bridgehead atoms. The third-order valence-corrected chi connectivity index (χ3v) is 4.44. The number of hydrogen-bond donors (Lipinski definition) is 1. The Morgan fingerprint density at radius 2 is 2.10 bits per heavy atom. The maximum Gasteiger partial charge on any atom is 0.128 e. The minimum absolute atomic E-state index is 0.146. The van der Waals surface area contributed by atoms with Gasteiger partial charge in [-0.2, -0.15) is 0 Å². The maximum atomic E-state index is 6.25. The predicted molar refractivity (Wildman–Crippen MR) is 90.1 cm³/mol. The van der Waals surface area contributed by atoms with E-state index in [1.54, 1.807) is 0 Å². The second kappa shape index (κ2) is 7.61. The minimum atomic E-state index is 0.146. The molecule has 1 aromatic carbocycles. The summed E-state index contributed by atoms with van der Waals surface area (Å²) in [6.07, 6.45) is 1.30. The monoisotopic (exact) mass is 355 g/mol. The van der Waals surface area contributed by atoms with E-state index < -0.39 is 0 Å². The molecule has 1 saturated carbocycles. The Hall–Kier alpha value is -0.580. The van der Waals surface area contributed by atoms with Crippen LogP contribution in [0.1, 0.15) is 45.6 Å². The van der Waals surface area contributed by atoms with Gasteiger partial charge >= 0.3 is 0 Å². The summed E-state index contributed by atoms with van der Waals surface area (Å²) in [6.45, 7) is 10.2. The van der Waals surface area contributed by atoms with Crippen LogP contribution in [0, 0.1) is 0 Å². The largest absolute Gasteiger partial charge is 0.487 e. The molecule has 0 radical (unpaired) electrons. The molecule has 21 heavy (non-hydrogen) atoms. The lowest BCUT2D eigenvalue weighted by atomic mass is 9.85. The zero-order valence-corrected chi connectivity index (χ0v) is 14.9. The molecule has 0 amide bonds. The second-order valence-electron chi connectivity index (χ2n) is 5.81. The van der Waals surface area contributed by atoms with Gasteiger partial charge in [0.05, 0.1) is 0 Å². The Morgan fingerprint density at radius 3 is 2.71 bits per heavy atom. The lowest BCUT2D eigenvalue weighted by Gasteiger charge is -2.44. The van der Waals surface area contributed by atoms with E-state index in [0.29, 0.717) is 12.0 Å². The van der Waals surface area contributed by atoms with Crippen LogP contribution in [0.5, 0.6) is 5.75 Å². The van der Waals surface area contributed by atoms with Gasteiger partial charge in [0.2, 0.25) is 0 Å². The van der Waals surface area contributed by atoms with E-state index in [9.17, 15) is 0 Å². The third kappa shape index (κ3) is 3.99. The van der Waals surface area contributed by atoms with Crippen LogP contribution in [0.4, 0.5) is 0 Å². The van der Waals surface area contributed by atoms with Crippen molar-refractivity contribution in [1.29, 1.82) is 0 Å². The van der Waals surface area contributed by atoms with Gasteiger partial charge in [-0.1, -0.05) is 36.7 Å². The van der Waals surface area contributed by atoms with Crippen LogP contribution < -0.4 is 10.1 Å². The molecule has 3 atom stereocenters. The van der Waals surface area contributed by atoms with Crippen molar-refractivity contribution in [3.05, 3.63) is 28.2 Å². The van der Waals surface area contributed by atoms with Gasteiger partial charge in [-0.3, -0.25) is 0 Å². The van der Waals surface area contributed by atoms with Crippen LogP contribution in [-0.4, -0.2) is 31.4 Å². The summed E-state index contributed by atoms with van der Waals surface area (Å²) in [6, 6.07) is 6.66. The van der Waals surface area contributed by atoms with Crippen LogP contribution in [0.15, 0.2) is 22.7 Å². The molecule has 0 saturated heterocycles. The Morgan fingerprint density at radius 1 is 1.33 bits per heavy atom. The number of benzene rings is 1. The normalized spacial score (nSPS) is 25.0. The zero-order valence-electron chi connectivity index (χ0n) is 13.4. The number of nitrogens with one attached hydrogen (secondary N) is 1. The molecule has 0 aromatic heterocycles. The highest BCUT2D eigenvalue weighted by atomic mass is 79.9. The number of ether oxygens (including phenoxy) is 2. The molecule has 3 nitrogen and oxygen atoms in total. The number of halogens is 1. The number of rotatable bonds is 7. The van der Waals surface area contributed by atoms with Crippen LogP contribution >= 0.6 is 15.9 Å². The summed E-state index contributed by atoms with van der Waals surface area (Å²) < 4.78 is 13.2. The van der Waals surface area contributed by atoms with E-state index in [4.69, 9.17) is 9.47 Å². The number of likely N-dealkylation sites (N-methyl/N-ethyl adjacent to an activating group) is 1. The quantitative estimate of drug-likeness (QED) is 0.798. The summed E-state index contributed by atoms with van der Waals surface area (Å²) in [5.41, 5.74) is 1.24. The predicted octanol–water partition coefficient (Wildman–Crippen LogP) is 4.11. The molecule has 2 rings (SSSR count). The molecule has 1 aromatic rings. The van der Waals surface area contributed by atoms with Crippen LogP contribution in [0.3, 0.4) is 0 Å². The van der Waals surface area contributed by atoms with Crippen LogP contribution in [-0.2, 0) is 4.74 Å². The first kappa shape index (κ1) is 16.8. The molecule has 1 fully saturated rings. The lowest BCUT2D eigenvalue weighted by molar-refractivity contribution is -0.104. The molecule has 0 aliphatic heterocycles. The highest BCUT2D eigenvalue weighted by Gasteiger charge is 2.43. The summed E-state index contributed by atoms with van der Waals surface area (Å²) in [5, 5.41) is 3.47. The zero-order chi connectivity index (χ0) is 15.4. The molecular weight excluding hydrogens is 330 g/mol. The average Bonchev–Trinajstić information content (AvgIpc) is 2.44. The fourth-order valence-corrected chi connectivity index (χ4v) is 3.19. The van der Waals surface area contributed by atoms with Gasteiger partial charge in [0, 0.05) is 23.5 Å². The van der Waals surface area contributed by atoms with Gasteiger partial charge in [-0.25, -0.2) is 0 Å². The van der Waals surface area contributed by atoms with E-state index in [0.717, 1.165) is 29.8 Å². The van der Waals surface area contributed by atoms with E-state index in [1.165, 1.54) is 5.56 Å². The van der Waals surface area contributed by atoms with E-state index in [-0.39, 0.29) is 12.2 Å². The first-order valence-corrected chi connectivity index (χ1v) is 8.67. The summed E-state index contributed by atoms with van der Waals surface area (Å²) in [4.78, 5) is 0. The Labute approximate surface area is 136 Å². The first-order chi connectivity index (χ1) is 10.1. The average molecular weight is 356 g/mol. The summed E-state index contributed by atoms with van der Waals surface area (Å²) >= 11 is 3.54. The summed E-state index contributed by atoms with van der Waals surface area (Å²) in [5.74, 6) is 1.42. The third-order valence-electron chi connectivity index (χ3n) is 3.95. The van der Waals surface area contributed by atoms with Gasteiger partial charge < -0.3 is 14.8 Å². The van der Waals surface area contributed by atoms with E-state index in [1.807, 2.05) is 13.0 Å². The van der Waals surface area contributed by atoms with Crippen molar-refractivity contribution in [1.82, 2.24) is 5.32 Å². The van der Waals surface area contributed by atoms with Crippen molar-refractivity contribution in [2.24, 2.45) is 0 Å². The topological polar surface area (TPSA) is 30.5 Å². The maximum absolute atomic E-state index is 6.25. The van der Waals surface area contributed by atoms with Gasteiger partial charge in [-0.05, 0) is 43.1 Å². The van der Waals surface area contributed by atoms with Gasteiger partial charge in [0.15, 0.2) is 0 Å². The first-order valence-electron chi connectivity index (χ1n) is 7.87. The van der Waals surface area contributed by atoms with Crippen molar-refractivity contribution in [2.45, 2.75) is 58.3 Å². The van der Waals surface area contributed by atoms with Crippen LogP contribution in [0.25, 0.3) is 0 Å². The smallest absolute Gasteiger partial charge is 0.128 e. The SMILES string of the molecule is CCNC1CC(Oc2ccc(Br)cc2C(C)C)C1OCC. The highest BCUT2D eigenvalue weighted by Crippen LogP contribution is 2.34. The van der Waals surface area contributed by atoms with Gasteiger partial charge in [-0.15, -0.1) is 0 Å². The molecular formula is C17H26BrNO2. The molecule has 118 valence electrons. The van der Waals surface area contributed by atoms with Crippen molar-refractivity contribution in [3.8, 4) is 5.75 Å². The van der Waals surface area contributed by atoms with Crippen molar-refractivity contribution < 1.29 is 9.47 Å². The fraction of sp³-hybridized carbons (Fsp3) is 0.647. The van der Waals surface area contributed by atoms with Crippen LogP contribution in [0.2, 0.25) is 0 Å². The Bertz CT molecular complexity index is 464. The molecule has 0 spiro atoms. The molecule has 0 heterocycles. The molecule has 1 aliphatic rings. The molecule has 4 heteroatoms. The van der Waals surface area contributed by atoms with Crippen molar-refractivity contribution >= 4 is 15.9 Å². The Balaban J connectivity index is 2.08. The molecule has 1 N–H and O–H groups in total. The minimum Gasteiger partial charge on any atom is -0.487 e. The standard InChI is InChI=1S/C17H26BrNO2/c1-5-19-14-10-16(17(14)20-6-2)21-15-8-7-12(18)9-13(15)11(3)4/h7-9,11,14,16-17,19H,5-6,10H2,1-4H3. The molecule has 1 aliphatic carbocycles. The fourth-order valence-electron chi connectivity index (χ4n) is 2.82. The number of hydrogen-bond acceptors (Lipinski definition) is 3. The Kier molecular flexibility index (Phi) is 6.08. The van der Waals surface area contributed by atoms with Gasteiger partial charge in [0.25, 0.3) is 0 Å². The summed E-state index contributed by atoms with van der Waals surface area (Å²) in [7, 11) is 0.